The third kappa shape index (κ3) is 3.01. The maximum atomic E-state index is 11.8. The van der Waals surface area contributed by atoms with Gasteiger partial charge in [-0.1, -0.05) is 0 Å². The summed E-state index contributed by atoms with van der Waals surface area (Å²) in [5, 5.41) is 14.8. The van der Waals surface area contributed by atoms with Crippen molar-refractivity contribution in [1.29, 1.82) is 0 Å². The third-order valence-corrected chi connectivity index (χ3v) is 2.48. The molecule has 0 saturated carbocycles. The van der Waals surface area contributed by atoms with Crippen molar-refractivity contribution in [3.8, 4) is 5.75 Å². The van der Waals surface area contributed by atoms with Crippen LogP contribution in [0.25, 0.3) is 5.65 Å². The maximum absolute atomic E-state index is 11.8. The zero-order valence-electron chi connectivity index (χ0n) is 10.4. The van der Waals surface area contributed by atoms with Crippen LogP contribution >= 0.6 is 0 Å². The van der Waals surface area contributed by atoms with Gasteiger partial charge in [0.1, 0.15) is 5.69 Å². The van der Waals surface area contributed by atoms with E-state index < -0.39 is 0 Å². The van der Waals surface area contributed by atoms with Gasteiger partial charge in [-0.3, -0.25) is 9.59 Å². The van der Waals surface area contributed by atoms with Crippen LogP contribution in [0.5, 0.6) is 5.75 Å². The number of hydrogen-bond acceptors (Lipinski definition) is 4. The summed E-state index contributed by atoms with van der Waals surface area (Å²) in [6, 6.07) is 3.16. The molecule has 0 aliphatic carbocycles. The summed E-state index contributed by atoms with van der Waals surface area (Å²) in [5.74, 6) is -0.486. The summed E-state index contributed by atoms with van der Waals surface area (Å²) in [5.41, 5.74) is 0.541. The first-order valence-corrected chi connectivity index (χ1v) is 5.77. The van der Waals surface area contributed by atoms with Crippen molar-refractivity contribution in [2.24, 2.45) is 0 Å². The zero-order chi connectivity index (χ0) is 13.8. The number of hydrogen-bond donors (Lipinski definition) is 3. The molecule has 0 spiro atoms. The first-order chi connectivity index (χ1) is 9.08. The normalized spacial score (nSPS) is 10.4. The molecule has 0 aliphatic heterocycles. The van der Waals surface area contributed by atoms with Crippen molar-refractivity contribution in [3.63, 3.8) is 0 Å². The second-order valence-corrected chi connectivity index (χ2v) is 3.99. The van der Waals surface area contributed by atoms with Crippen LogP contribution in [-0.4, -0.2) is 39.4 Å². The minimum absolute atomic E-state index is 0.0137. The number of nitrogens with zero attached hydrogens (tertiary/aromatic N) is 2. The Hall–Kier alpha value is -2.57. The molecule has 2 aromatic heterocycles. The molecule has 2 aromatic rings. The molecular weight excluding hydrogens is 248 g/mol. The molecule has 2 heterocycles. The molecule has 0 bridgehead atoms. The second-order valence-electron chi connectivity index (χ2n) is 3.99. The molecule has 0 atom stereocenters. The lowest BCUT2D eigenvalue weighted by atomic mass is 10.4. The van der Waals surface area contributed by atoms with Gasteiger partial charge in [0.25, 0.3) is 5.91 Å². The van der Waals surface area contributed by atoms with Crippen LogP contribution in [0.3, 0.4) is 0 Å². The molecule has 7 nitrogen and oxygen atoms in total. The zero-order valence-corrected chi connectivity index (χ0v) is 10.4. The molecule has 0 saturated heterocycles. The second kappa shape index (κ2) is 5.38. The molecule has 7 heteroatoms. The Morgan fingerprint density at radius 3 is 2.79 bits per heavy atom. The topological polar surface area (TPSA) is 95.7 Å². The number of pyridine rings is 1. The third-order valence-electron chi connectivity index (χ3n) is 2.48. The van der Waals surface area contributed by atoms with Crippen molar-refractivity contribution >= 4 is 17.5 Å². The highest BCUT2D eigenvalue weighted by molar-refractivity contribution is 5.93. The lowest BCUT2D eigenvalue weighted by molar-refractivity contribution is -0.118. The van der Waals surface area contributed by atoms with Gasteiger partial charge in [0.2, 0.25) is 5.91 Å². The van der Waals surface area contributed by atoms with Crippen molar-refractivity contribution < 1.29 is 14.7 Å². The molecule has 2 amide bonds. The SMILES string of the molecule is CC(=O)NCCNC(=O)c1cn2cccc(O)c2n1. The Balaban J connectivity index is 2.01. The lowest BCUT2D eigenvalue weighted by Gasteiger charge is -2.03. The molecule has 2 rings (SSSR count). The number of imidazole rings is 1. The predicted octanol–water partition coefficient (Wildman–Crippen LogP) is -0.0942. The Morgan fingerprint density at radius 2 is 2.11 bits per heavy atom. The standard InChI is InChI=1S/C12H14N4O3/c1-8(17)13-4-5-14-12(19)9-7-16-6-2-3-10(18)11(16)15-9/h2-3,6-7,18H,4-5H2,1H3,(H,13,17)(H,14,19). The summed E-state index contributed by atoms with van der Waals surface area (Å²) >= 11 is 0. The van der Waals surface area contributed by atoms with Gasteiger partial charge in [-0.25, -0.2) is 4.98 Å². The van der Waals surface area contributed by atoms with Gasteiger partial charge in [-0.2, -0.15) is 0 Å². The molecule has 0 unspecified atom stereocenters. The Kier molecular flexibility index (Phi) is 3.65. The molecular formula is C12H14N4O3. The highest BCUT2D eigenvalue weighted by atomic mass is 16.3. The van der Waals surface area contributed by atoms with Crippen LogP contribution in [0.4, 0.5) is 0 Å². The van der Waals surface area contributed by atoms with Gasteiger partial charge in [0, 0.05) is 32.4 Å². The Bertz CT molecular complexity index is 620. The first-order valence-electron chi connectivity index (χ1n) is 5.77. The minimum atomic E-state index is -0.353. The van der Waals surface area contributed by atoms with Crippen LogP contribution in [0.2, 0.25) is 0 Å². The van der Waals surface area contributed by atoms with Gasteiger partial charge in [-0.15, -0.1) is 0 Å². The summed E-state index contributed by atoms with van der Waals surface area (Å²) in [7, 11) is 0. The van der Waals surface area contributed by atoms with Gasteiger partial charge in [0.15, 0.2) is 11.4 Å². The Morgan fingerprint density at radius 1 is 1.37 bits per heavy atom. The number of aromatic nitrogens is 2. The smallest absolute Gasteiger partial charge is 0.271 e. The maximum Gasteiger partial charge on any atom is 0.271 e. The van der Waals surface area contributed by atoms with Crippen molar-refractivity contribution in [3.05, 3.63) is 30.2 Å². The minimum Gasteiger partial charge on any atom is -0.504 e. The van der Waals surface area contributed by atoms with Crippen molar-refractivity contribution in [2.45, 2.75) is 6.92 Å². The lowest BCUT2D eigenvalue weighted by Crippen LogP contribution is -2.33. The number of carbonyl (C=O) groups is 2. The summed E-state index contributed by atoms with van der Waals surface area (Å²) in [6.07, 6.45) is 3.22. The highest BCUT2D eigenvalue weighted by Crippen LogP contribution is 2.16. The fourth-order valence-electron chi connectivity index (χ4n) is 1.61. The number of fused-ring (bicyclic) bond motifs is 1. The van der Waals surface area contributed by atoms with Gasteiger partial charge in [0.05, 0.1) is 0 Å². The largest absolute Gasteiger partial charge is 0.504 e. The van der Waals surface area contributed by atoms with Crippen LogP contribution < -0.4 is 10.6 Å². The van der Waals surface area contributed by atoms with E-state index in [2.05, 4.69) is 15.6 Å². The van der Waals surface area contributed by atoms with E-state index in [1.165, 1.54) is 19.2 Å². The van der Waals surface area contributed by atoms with E-state index in [1.54, 1.807) is 16.7 Å². The van der Waals surface area contributed by atoms with Crippen LogP contribution in [0, 0.1) is 0 Å². The fraction of sp³-hybridized carbons (Fsp3) is 0.250. The molecule has 0 fully saturated rings. The van der Waals surface area contributed by atoms with Crippen LogP contribution in [0.15, 0.2) is 24.5 Å². The van der Waals surface area contributed by atoms with Crippen LogP contribution in [0.1, 0.15) is 17.4 Å². The van der Waals surface area contributed by atoms with E-state index >= 15 is 0 Å². The molecule has 3 N–H and O–H groups in total. The highest BCUT2D eigenvalue weighted by Gasteiger charge is 2.11. The number of rotatable bonds is 4. The average Bonchev–Trinajstić information content (AvgIpc) is 2.79. The van der Waals surface area contributed by atoms with Gasteiger partial charge < -0.3 is 20.1 Å². The molecule has 19 heavy (non-hydrogen) atoms. The monoisotopic (exact) mass is 262 g/mol. The molecule has 0 radical (unpaired) electrons. The molecule has 0 aliphatic rings. The van der Waals surface area contributed by atoms with Crippen LogP contribution in [-0.2, 0) is 4.79 Å². The average molecular weight is 262 g/mol. The van der Waals surface area contributed by atoms with E-state index in [4.69, 9.17) is 0 Å². The molecule has 0 aromatic carbocycles. The van der Waals surface area contributed by atoms with E-state index in [0.29, 0.717) is 18.7 Å². The van der Waals surface area contributed by atoms with E-state index in [1.807, 2.05) is 0 Å². The quantitative estimate of drug-likeness (QED) is 0.671. The first kappa shape index (κ1) is 12.9. The number of carbonyl (C=O) groups excluding carboxylic acids is 2. The number of aromatic hydroxyl groups is 1. The van der Waals surface area contributed by atoms with E-state index in [0.717, 1.165) is 0 Å². The van der Waals surface area contributed by atoms with E-state index in [9.17, 15) is 14.7 Å². The summed E-state index contributed by atoms with van der Waals surface area (Å²) in [4.78, 5) is 26.5. The summed E-state index contributed by atoms with van der Waals surface area (Å²) < 4.78 is 1.57. The van der Waals surface area contributed by atoms with Gasteiger partial charge >= 0.3 is 0 Å². The number of amides is 2. The summed E-state index contributed by atoms with van der Waals surface area (Å²) in [6.45, 7) is 2.09. The fourth-order valence-corrected chi connectivity index (χ4v) is 1.61. The number of nitrogens with one attached hydrogen (secondary N) is 2. The van der Waals surface area contributed by atoms with E-state index in [-0.39, 0.29) is 23.3 Å². The predicted molar refractivity (Wildman–Crippen MR) is 67.9 cm³/mol. The molecule has 100 valence electrons. The Labute approximate surface area is 109 Å². The van der Waals surface area contributed by atoms with Crippen molar-refractivity contribution in [1.82, 2.24) is 20.0 Å². The van der Waals surface area contributed by atoms with Crippen molar-refractivity contribution in [2.75, 3.05) is 13.1 Å². The van der Waals surface area contributed by atoms with Gasteiger partial charge in [-0.05, 0) is 12.1 Å².